The van der Waals surface area contributed by atoms with Crippen LogP contribution in [0, 0.1) is 5.92 Å². The lowest BCUT2D eigenvalue weighted by molar-refractivity contribution is 0.302. The number of rotatable bonds is 9. The average Bonchev–Trinajstić information content (AvgIpc) is 2.39. The Bertz CT molecular complexity index is 299. The Morgan fingerprint density at radius 2 is 1.89 bits per heavy atom. The summed E-state index contributed by atoms with van der Waals surface area (Å²) in [5.74, 6) is 1.78. The average molecular weight is 249 g/mol. The molecule has 102 valence electrons. The molecule has 18 heavy (non-hydrogen) atoms. The van der Waals surface area contributed by atoms with Crippen molar-refractivity contribution in [2.24, 2.45) is 5.92 Å². The summed E-state index contributed by atoms with van der Waals surface area (Å²) in [4.78, 5) is 0. The van der Waals surface area contributed by atoms with E-state index in [4.69, 9.17) is 4.74 Å². The first kappa shape index (κ1) is 15.0. The van der Waals surface area contributed by atoms with Gasteiger partial charge in [-0.15, -0.1) is 0 Å². The van der Waals surface area contributed by atoms with Crippen molar-refractivity contribution in [1.29, 1.82) is 0 Å². The van der Waals surface area contributed by atoms with Gasteiger partial charge in [0.25, 0.3) is 0 Å². The predicted molar refractivity (Wildman–Crippen MR) is 78.1 cm³/mol. The van der Waals surface area contributed by atoms with Crippen LogP contribution in [0.1, 0.15) is 40.0 Å². The molecule has 0 amide bonds. The SMILES string of the molecule is CCC(C)CC(C)NCCCOc1ccccc1. The Labute approximate surface area is 112 Å². The van der Waals surface area contributed by atoms with Crippen LogP contribution in [0.2, 0.25) is 0 Å². The molecule has 1 N–H and O–H groups in total. The molecule has 0 saturated heterocycles. The molecule has 0 aliphatic rings. The number of hydrogen-bond acceptors (Lipinski definition) is 2. The van der Waals surface area contributed by atoms with Crippen LogP contribution in [0.15, 0.2) is 30.3 Å². The Hall–Kier alpha value is -1.02. The number of nitrogens with one attached hydrogen (secondary N) is 1. The highest BCUT2D eigenvalue weighted by molar-refractivity contribution is 5.20. The number of para-hydroxylation sites is 1. The highest BCUT2D eigenvalue weighted by Gasteiger charge is 2.05. The molecule has 2 atom stereocenters. The molecule has 0 saturated carbocycles. The van der Waals surface area contributed by atoms with Crippen LogP contribution in [0.5, 0.6) is 5.75 Å². The Kier molecular flexibility index (Phi) is 7.51. The Morgan fingerprint density at radius 3 is 2.56 bits per heavy atom. The summed E-state index contributed by atoms with van der Waals surface area (Å²) < 4.78 is 5.65. The predicted octanol–water partition coefficient (Wildman–Crippen LogP) is 3.87. The lowest BCUT2D eigenvalue weighted by Crippen LogP contribution is -2.29. The lowest BCUT2D eigenvalue weighted by atomic mass is 10.0. The van der Waals surface area contributed by atoms with Crippen LogP contribution in [0.25, 0.3) is 0 Å². The van der Waals surface area contributed by atoms with E-state index in [0.717, 1.165) is 31.2 Å². The van der Waals surface area contributed by atoms with E-state index in [-0.39, 0.29) is 0 Å². The maximum Gasteiger partial charge on any atom is 0.119 e. The fourth-order valence-corrected chi connectivity index (χ4v) is 1.98. The molecule has 1 rings (SSSR count). The van der Waals surface area contributed by atoms with Gasteiger partial charge in [-0.25, -0.2) is 0 Å². The van der Waals surface area contributed by atoms with Gasteiger partial charge in [0.05, 0.1) is 6.61 Å². The Morgan fingerprint density at radius 1 is 1.17 bits per heavy atom. The van der Waals surface area contributed by atoms with Gasteiger partial charge < -0.3 is 10.1 Å². The highest BCUT2D eigenvalue weighted by atomic mass is 16.5. The van der Waals surface area contributed by atoms with Gasteiger partial charge in [0, 0.05) is 6.04 Å². The molecule has 0 aromatic heterocycles. The normalized spacial score (nSPS) is 14.2. The molecular weight excluding hydrogens is 222 g/mol. The monoisotopic (exact) mass is 249 g/mol. The minimum absolute atomic E-state index is 0.608. The van der Waals surface area contributed by atoms with E-state index in [9.17, 15) is 0 Å². The molecule has 0 fully saturated rings. The second-order valence-corrected chi connectivity index (χ2v) is 5.12. The van der Waals surface area contributed by atoms with Gasteiger partial charge in [-0.05, 0) is 44.4 Å². The van der Waals surface area contributed by atoms with Gasteiger partial charge in [-0.1, -0.05) is 38.5 Å². The van der Waals surface area contributed by atoms with E-state index in [0.29, 0.717) is 6.04 Å². The van der Waals surface area contributed by atoms with Crippen molar-refractivity contribution < 1.29 is 4.74 Å². The van der Waals surface area contributed by atoms with Gasteiger partial charge in [0.1, 0.15) is 5.75 Å². The second kappa shape index (κ2) is 8.98. The third-order valence-electron chi connectivity index (χ3n) is 3.28. The van der Waals surface area contributed by atoms with Crippen LogP contribution >= 0.6 is 0 Å². The van der Waals surface area contributed by atoms with Gasteiger partial charge in [-0.3, -0.25) is 0 Å². The minimum Gasteiger partial charge on any atom is -0.494 e. The second-order valence-electron chi connectivity index (χ2n) is 5.12. The summed E-state index contributed by atoms with van der Waals surface area (Å²) in [6.45, 7) is 8.66. The first-order valence-corrected chi connectivity index (χ1v) is 7.13. The zero-order chi connectivity index (χ0) is 13.2. The Balaban J connectivity index is 2.02. The van der Waals surface area contributed by atoms with Gasteiger partial charge >= 0.3 is 0 Å². The third kappa shape index (κ3) is 6.65. The van der Waals surface area contributed by atoms with Crippen molar-refractivity contribution >= 4 is 0 Å². The molecule has 2 heteroatoms. The van der Waals surface area contributed by atoms with Gasteiger partial charge in [-0.2, -0.15) is 0 Å². The maximum atomic E-state index is 5.65. The summed E-state index contributed by atoms with van der Waals surface area (Å²) in [6, 6.07) is 10.6. The smallest absolute Gasteiger partial charge is 0.119 e. The molecule has 0 aliphatic carbocycles. The summed E-state index contributed by atoms with van der Waals surface area (Å²) in [5.41, 5.74) is 0. The minimum atomic E-state index is 0.608. The quantitative estimate of drug-likeness (QED) is 0.671. The van der Waals surface area contributed by atoms with E-state index in [1.54, 1.807) is 0 Å². The molecule has 0 bridgehead atoms. The van der Waals surface area contributed by atoms with Crippen molar-refractivity contribution in [1.82, 2.24) is 5.32 Å². The van der Waals surface area contributed by atoms with Gasteiger partial charge in [0.15, 0.2) is 0 Å². The fourth-order valence-electron chi connectivity index (χ4n) is 1.98. The largest absolute Gasteiger partial charge is 0.494 e. The van der Waals surface area contributed by atoms with Crippen LogP contribution in [-0.4, -0.2) is 19.2 Å². The molecule has 1 aromatic carbocycles. The van der Waals surface area contributed by atoms with E-state index in [1.807, 2.05) is 30.3 Å². The molecule has 0 radical (unpaired) electrons. The number of ether oxygens (including phenoxy) is 1. The molecular formula is C16H27NO. The van der Waals surface area contributed by atoms with E-state index in [2.05, 4.69) is 26.1 Å². The van der Waals surface area contributed by atoms with Crippen LogP contribution in [0.4, 0.5) is 0 Å². The standard InChI is InChI=1S/C16H27NO/c1-4-14(2)13-15(3)17-11-8-12-18-16-9-6-5-7-10-16/h5-7,9-10,14-15,17H,4,8,11-13H2,1-3H3. The third-order valence-corrected chi connectivity index (χ3v) is 3.28. The lowest BCUT2D eigenvalue weighted by Gasteiger charge is -2.17. The first-order valence-electron chi connectivity index (χ1n) is 7.13. The van der Waals surface area contributed by atoms with Crippen LogP contribution in [-0.2, 0) is 0 Å². The molecule has 1 aromatic rings. The van der Waals surface area contributed by atoms with Crippen molar-refractivity contribution in [3.63, 3.8) is 0 Å². The molecule has 0 spiro atoms. The summed E-state index contributed by atoms with van der Waals surface area (Å²) in [5, 5.41) is 3.55. The summed E-state index contributed by atoms with van der Waals surface area (Å²) in [6.07, 6.45) is 3.58. The zero-order valence-corrected chi connectivity index (χ0v) is 12.0. The van der Waals surface area contributed by atoms with Crippen molar-refractivity contribution in [3.05, 3.63) is 30.3 Å². The number of hydrogen-bond donors (Lipinski definition) is 1. The molecule has 0 aliphatic heterocycles. The zero-order valence-electron chi connectivity index (χ0n) is 12.0. The van der Waals surface area contributed by atoms with E-state index in [1.165, 1.54) is 12.8 Å². The van der Waals surface area contributed by atoms with Crippen LogP contribution < -0.4 is 10.1 Å². The van der Waals surface area contributed by atoms with Crippen molar-refractivity contribution in [3.8, 4) is 5.75 Å². The molecule has 2 nitrogen and oxygen atoms in total. The van der Waals surface area contributed by atoms with E-state index < -0.39 is 0 Å². The topological polar surface area (TPSA) is 21.3 Å². The maximum absolute atomic E-state index is 5.65. The first-order chi connectivity index (χ1) is 8.72. The summed E-state index contributed by atoms with van der Waals surface area (Å²) in [7, 11) is 0. The molecule has 2 unspecified atom stereocenters. The van der Waals surface area contributed by atoms with E-state index >= 15 is 0 Å². The van der Waals surface area contributed by atoms with Crippen LogP contribution in [0.3, 0.4) is 0 Å². The van der Waals surface area contributed by atoms with Gasteiger partial charge in [0.2, 0.25) is 0 Å². The molecule has 0 heterocycles. The van der Waals surface area contributed by atoms with Crippen molar-refractivity contribution in [2.75, 3.05) is 13.2 Å². The summed E-state index contributed by atoms with van der Waals surface area (Å²) >= 11 is 0. The van der Waals surface area contributed by atoms with Crippen molar-refractivity contribution in [2.45, 2.75) is 46.1 Å². The highest BCUT2D eigenvalue weighted by Crippen LogP contribution is 2.10. The fraction of sp³-hybridized carbons (Fsp3) is 0.625. The number of benzene rings is 1.